The molecule has 56 valence electrons. The Morgan fingerprint density at radius 3 is 3.00 bits per heavy atom. The van der Waals surface area contributed by atoms with E-state index in [9.17, 15) is 9.59 Å². The maximum Gasteiger partial charge on any atom is 0.340 e. The number of carbonyl (C=O) groups is 1. The van der Waals surface area contributed by atoms with Crippen LogP contribution in [0, 0.1) is 0 Å². The third-order valence-corrected chi connectivity index (χ3v) is 1.57. The van der Waals surface area contributed by atoms with E-state index in [2.05, 4.69) is 9.72 Å². The summed E-state index contributed by atoms with van der Waals surface area (Å²) in [5, 5.41) is 0. The minimum Gasteiger partial charge on any atom is -0.456 e. The topological polar surface area (TPSA) is 59.2 Å². The van der Waals surface area contributed by atoms with Crippen LogP contribution < -0.4 is 5.56 Å². The SMILES string of the molecule is O=C1OCc2[nH]c(=O)ccc21. The third kappa shape index (κ3) is 0.832. The van der Waals surface area contributed by atoms with E-state index in [0.717, 1.165) is 0 Å². The zero-order valence-corrected chi connectivity index (χ0v) is 5.59. The summed E-state index contributed by atoms with van der Waals surface area (Å²) in [7, 11) is 0. The monoisotopic (exact) mass is 151 g/mol. The Bertz CT molecular complexity index is 366. The molecule has 11 heavy (non-hydrogen) atoms. The third-order valence-electron chi connectivity index (χ3n) is 1.57. The molecule has 2 heterocycles. The van der Waals surface area contributed by atoms with E-state index in [1.807, 2.05) is 0 Å². The number of hydrogen-bond donors (Lipinski definition) is 1. The molecular formula is C7H5NO3. The molecule has 0 atom stereocenters. The molecule has 1 aliphatic heterocycles. The first kappa shape index (κ1) is 6.15. The van der Waals surface area contributed by atoms with Gasteiger partial charge in [-0.15, -0.1) is 0 Å². The highest BCUT2D eigenvalue weighted by Crippen LogP contribution is 2.14. The number of rotatable bonds is 0. The van der Waals surface area contributed by atoms with Crippen molar-refractivity contribution in [2.75, 3.05) is 0 Å². The molecule has 2 rings (SSSR count). The number of pyridine rings is 1. The second-order valence-electron chi connectivity index (χ2n) is 2.29. The summed E-state index contributed by atoms with van der Waals surface area (Å²) in [6, 6.07) is 2.79. The largest absolute Gasteiger partial charge is 0.456 e. The molecule has 4 heteroatoms. The smallest absolute Gasteiger partial charge is 0.340 e. The summed E-state index contributed by atoms with van der Waals surface area (Å²) < 4.78 is 4.67. The fourth-order valence-corrected chi connectivity index (χ4v) is 1.04. The van der Waals surface area contributed by atoms with Gasteiger partial charge in [-0.05, 0) is 6.07 Å². The first-order valence-electron chi connectivity index (χ1n) is 3.17. The van der Waals surface area contributed by atoms with E-state index in [4.69, 9.17) is 0 Å². The number of esters is 1. The summed E-state index contributed by atoms with van der Waals surface area (Å²) in [4.78, 5) is 24.1. The standard InChI is InChI=1S/C7H5NO3/c9-6-2-1-4-5(8-6)3-11-7(4)10/h1-2H,3H2,(H,8,9). The molecule has 0 aromatic carbocycles. The summed E-state index contributed by atoms with van der Waals surface area (Å²) in [5.41, 5.74) is 0.828. The van der Waals surface area contributed by atoms with Crippen LogP contribution in [-0.4, -0.2) is 11.0 Å². The minimum absolute atomic E-state index is 0.185. The predicted octanol–water partition coefficient (Wildman–Crippen LogP) is 0.0453. The Hall–Kier alpha value is -1.58. The van der Waals surface area contributed by atoms with E-state index in [1.54, 1.807) is 0 Å². The highest BCUT2D eigenvalue weighted by molar-refractivity contribution is 5.92. The molecule has 1 aliphatic rings. The zero-order chi connectivity index (χ0) is 7.84. The molecule has 0 aliphatic carbocycles. The minimum atomic E-state index is -0.365. The van der Waals surface area contributed by atoms with Crippen LogP contribution in [0.25, 0.3) is 0 Å². The second kappa shape index (κ2) is 1.95. The highest BCUT2D eigenvalue weighted by atomic mass is 16.5. The van der Waals surface area contributed by atoms with Gasteiger partial charge in [0.2, 0.25) is 5.56 Å². The van der Waals surface area contributed by atoms with Gasteiger partial charge in [-0.1, -0.05) is 0 Å². The van der Waals surface area contributed by atoms with Crippen molar-refractivity contribution >= 4 is 5.97 Å². The zero-order valence-electron chi connectivity index (χ0n) is 5.59. The van der Waals surface area contributed by atoms with Crippen molar-refractivity contribution in [3.63, 3.8) is 0 Å². The summed E-state index contributed by atoms with van der Waals surface area (Å²) in [6.07, 6.45) is 0. The number of nitrogens with one attached hydrogen (secondary N) is 1. The fraction of sp³-hybridized carbons (Fsp3) is 0.143. The van der Waals surface area contributed by atoms with Gasteiger partial charge in [-0.2, -0.15) is 0 Å². The lowest BCUT2D eigenvalue weighted by atomic mass is 10.2. The van der Waals surface area contributed by atoms with Gasteiger partial charge in [0.05, 0.1) is 11.3 Å². The molecule has 1 aromatic heterocycles. The van der Waals surface area contributed by atoms with Crippen LogP contribution in [0.5, 0.6) is 0 Å². The molecule has 4 nitrogen and oxygen atoms in total. The number of aromatic amines is 1. The summed E-state index contributed by atoms with van der Waals surface area (Å²) in [5.74, 6) is -0.365. The van der Waals surface area contributed by atoms with Gasteiger partial charge in [0.15, 0.2) is 0 Å². The van der Waals surface area contributed by atoms with Crippen molar-refractivity contribution < 1.29 is 9.53 Å². The number of carbonyl (C=O) groups excluding carboxylic acids is 1. The molecule has 1 N–H and O–H groups in total. The number of aromatic nitrogens is 1. The van der Waals surface area contributed by atoms with Gasteiger partial charge in [0.25, 0.3) is 0 Å². The van der Waals surface area contributed by atoms with Crippen LogP contribution in [-0.2, 0) is 11.3 Å². The molecule has 0 fully saturated rings. The van der Waals surface area contributed by atoms with E-state index in [-0.39, 0.29) is 18.1 Å². The van der Waals surface area contributed by atoms with Crippen molar-refractivity contribution in [1.82, 2.24) is 4.98 Å². The van der Waals surface area contributed by atoms with E-state index in [1.165, 1.54) is 12.1 Å². The van der Waals surface area contributed by atoms with Crippen molar-refractivity contribution in [2.24, 2.45) is 0 Å². The maximum absolute atomic E-state index is 10.8. The lowest BCUT2D eigenvalue weighted by molar-refractivity contribution is 0.0533. The van der Waals surface area contributed by atoms with E-state index in [0.29, 0.717) is 11.3 Å². The first-order valence-corrected chi connectivity index (χ1v) is 3.17. The highest BCUT2D eigenvalue weighted by Gasteiger charge is 2.20. The van der Waals surface area contributed by atoms with E-state index >= 15 is 0 Å². The molecular weight excluding hydrogens is 146 g/mol. The Kier molecular flexibility index (Phi) is 1.09. The number of fused-ring (bicyclic) bond motifs is 1. The van der Waals surface area contributed by atoms with Crippen LogP contribution >= 0.6 is 0 Å². The Balaban J connectivity index is 2.68. The van der Waals surface area contributed by atoms with Gasteiger partial charge < -0.3 is 9.72 Å². The van der Waals surface area contributed by atoms with E-state index < -0.39 is 0 Å². The molecule has 0 radical (unpaired) electrons. The van der Waals surface area contributed by atoms with Crippen molar-refractivity contribution in [1.29, 1.82) is 0 Å². The molecule has 0 bridgehead atoms. The normalized spacial score (nSPS) is 14.4. The predicted molar refractivity (Wildman–Crippen MR) is 36.2 cm³/mol. The lowest BCUT2D eigenvalue weighted by Gasteiger charge is -1.88. The number of hydrogen-bond acceptors (Lipinski definition) is 3. The Morgan fingerprint density at radius 2 is 2.18 bits per heavy atom. The van der Waals surface area contributed by atoms with Gasteiger partial charge in [-0.25, -0.2) is 4.79 Å². The van der Waals surface area contributed by atoms with Crippen LogP contribution in [0.2, 0.25) is 0 Å². The molecule has 0 spiro atoms. The van der Waals surface area contributed by atoms with Crippen LogP contribution in [0.3, 0.4) is 0 Å². The van der Waals surface area contributed by atoms with Crippen LogP contribution in [0.1, 0.15) is 16.1 Å². The number of cyclic esters (lactones) is 1. The number of ether oxygens (including phenoxy) is 1. The van der Waals surface area contributed by atoms with Crippen LogP contribution in [0.15, 0.2) is 16.9 Å². The fourth-order valence-electron chi connectivity index (χ4n) is 1.04. The summed E-state index contributed by atoms with van der Waals surface area (Å²) >= 11 is 0. The van der Waals surface area contributed by atoms with Crippen molar-refractivity contribution in [3.05, 3.63) is 33.7 Å². The first-order chi connectivity index (χ1) is 5.27. The van der Waals surface area contributed by atoms with Crippen molar-refractivity contribution in [3.8, 4) is 0 Å². The van der Waals surface area contributed by atoms with Gasteiger partial charge in [0.1, 0.15) is 6.61 Å². The second-order valence-corrected chi connectivity index (χ2v) is 2.29. The Labute approximate surface area is 61.8 Å². The molecule has 0 saturated heterocycles. The number of H-pyrrole nitrogens is 1. The maximum atomic E-state index is 10.8. The average Bonchev–Trinajstić information content (AvgIpc) is 2.32. The molecule has 0 unspecified atom stereocenters. The average molecular weight is 151 g/mol. The van der Waals surface area contributed by atoms with Gasteiger partial charge >= 0.3 is 5.97 Å². The lowest BCUT2D eigenvalue weighted by Crippen LogP contribution is -2.07. The molecule has 0 amide bonds. The molecule has 1 aromatic rings. The quantitative estimate of drug-likeness (QED) is 0.533. The van der Waals surface area contributed by atoms with Crippen molar-refractivity contribution in [2.45, 2.75) is 6.61 Å². The molecule has 0 saturated carbocycles. The summed E-state index contributed by atoms with van der Waals surface area (Å²) in [6.45, 7) is 0.185. The van der Waals surface area contributed by atoms with Gasteiger partial charge in [0, 0.05) is 6.07 Å². The van der Waals surface area contributed by atoms with Gasteiger partial charge in [-0.3, -0.25) is 4.79 Å². The van der Waals surface area contributed by atoms with Crippen LogP contribution in [0.4, 0.5) is 0 Å². The Morgan fingerprint density at radius 1 is 1.36 bits per heavy atom.